The molecule has 0 aliphatic carbocycles. The Morgan fingerprint density at radius 3 is 2.54 bits per heavy atom. The Hall–Kier alpha value is -2.51. The molecule has 0 saturated heterocycles. The molecule has 0 aromatic heterocycles. The second-order valence-electron chi connectivity index (χ2n) is 4.43. The van der Waals surface area contributed by atoms with E-state index in [1.807, 2.05) is 0 Å². The summed E-state index contributed by atoms with van der Waals surface area (Å²) < 4.78 is 15.3. The van der Waals surface area contributed by atoms with Crippen LogP contribution in [0, 0.1) is 10.1 Å². The molecule has 0 saturated carbocycles. The molecule has 7 nitrogen and oxygen atoms in total. The molecular weight excluding hydrogens is 361 g/mol. The number of methoxy groups -OCH3 is 1. The molecule has 0 aliphatic heterocycles. The van der Waals surface area contributed by atoms with Gasteiger partial charge in [-0.3, -0.25) is 10.1 Å². The van der Waals surface area contributed by atoms with Crippen molar-refractivity contribution < 1.29 is 23.9 Å². The monoisotopic (exact) mass is 371 g/mol. The Bertz CT molecular complexity index is 781. The van der Waals surface area contributed by atoms with Gasteiger partial charge in [-0.2, -0.15) is 0 Å². The Balaban J connectivity index is 2.08. The second kappa shape index (κ2) is 7.85. The molecule has 0 radical (unpaired) electrons. The third-order valence-corrected chi connectivity index (χ3v) is 3.37. The van der Waals surface area contributed by atoms with Gasteiger partial charge in [0.15, 0.2) is 18.1 Å². The number of nitrogens with zero attached hydrogens (tertiary/aromatic N) is 1. The van der Waals surface area contributed by atoms with Gasteiger partial charge in [0.25, 0.3) is 5.69 Å². The van der Waals surface area contributed by atoms with E-state index in [0.717, 1.165) is 6.07 Å². The first-order valence-electron chi connectivity index (χ1n) is 6.51. The van der Waals surface area contributed by atoms with Gasteiger partial charge in [-0.15, -0.1) is 0 Å². The molecule has 0 bridgehead atoms. The number of halogens is 2. The third-order valence-electron chi connectivity index (χ3n) is 2.82. The Kier molecular flexibility index (Phi) is 5.83. The Labute approximate surface area is 146 Å². The van der Waals surface area contributed by atoms with E-state index >= 15 is 0 Å². The zero-order valence-corrected chi connectivity index (χ0v) is 13.8. The largest absolute Gasteiger partial charge is 0.493 e. The van der Waals surface area contributed by atoms with Crippen molar-refractivity contribution in [2.24, 2.45) is 0 Å². The number of hydrogen-bond donors (Lipinski definition) is 0. The highest BCUT2D eigenvalue weighted by Gasteiger charge is 2.16. The zero-order chi connectivity index (χ0) is 17.7. The summed E-state index contributed by atoms with van der Waals surface area (Å²) in [6.07, 6.45) is 0. The molecule has 24 heavy (non-hydrogen) atoms. The van der Waals surface area contributed by atoms with Crippen LogP contribution in [0.15, 0.2) is 36.4 Å². The van der Waals surface area contributed by atoms with Crippen molar-refractivity contribution in [1.29, 1.82) is 0 Å². The van der Waals surface area contributed by atoms with Gasteiger partial charge in [-0.1, -0.05) is 23.2 Å². The van der Waals surface area contributed by atoms with E-state index in [1.54, 1.807) is 6.07 Å². The molecule has 0 fully saturated rings. The number of benzene rings is 2. The van der Waals surface area contributed by atoms with Crippen LogP contribution in [-0.4, -0.2) is 24.6 Å². The van der Waals surface area contributed by atoms with Gasteiger partial charge >= 0.3 is 5.97 Å². The molecule has 2 aromatic rings. The molecular formula is C15H11Cl2NO6. The van der Waals surface area contributed by atoms with Gasteiger partial charge in [0.1, 0.15) is 5.75 Å². The maximum atomic E-state index is 11.9. The number of carbonyl (C=O) groups excluding carboxylic acids is 1. The van der Waals surface area contributed by atoms with Crippen LogP contribution in [0.25, 0.3) is 0 Å². The van der Waals surface area contributed by atoms with Crippen LogP contribution in [0.3, 0.4) is 0 Å². The first kappa shape index (κ1) is 17.8. The fraction of sp³-hybridized carbons (Fsp3) is 0.133. The van der Waals surface area contributed by atoms with Crippen molar-refractivity contribution in [3.63, 3.8) is 0 Å². The average Bonchev–Trinajstić information content (AvgIpc) is 2.55. The number of nitro benzene ring substituents is 1. The van der Waals surface area contributed by atoms with E-state index in [9.17, 15) is 14.9 Å². The molecule has 2 aromatic carbocycles. The van der Waals surface area contributed by atoms with Crippen molar-refractivity contribution in [2.45, 2.75) is 0 Å². The second-order valence-corrected chi connectivity index (χ2v) is 5.27. The fourth-order valence-corrected chi connectivity index (χ4v) is 2.07. The van der Waals surface area contributed by atoms with E-state index in [4.69, 9.17) is 37.4 Å². The van der Waals surface area contributed by atoms with Crippen LogP contribution in [-0.2, 0) is 4.79 Å². The lowest BCUT2D eigenvalue weighted by Gasteiger charge is -2.10. The van der Waals surface area contributed by atoms with Crippen LogP contribution in [0.2, 0.25) is 10.0 Å². The first-order chi connectivity index (χ1) is 11.4. The fourth-order valence-electron chi connectivity index (χ4n) is 1.74. The van der Waals surface area contributed by atoms with Crippen molar-refractivity contribution in [1.82, 2.24) is 0 Å². The highest BCUT2D eigenvalue weighted by atomic mass is 35.5. The summed E-state index contributed by atoms with van der Waals surface area (Å²) in [5.74, 6) is -0.482. The minimum atomic E-state index is -0.787. The van der Waals surface area contributed by atoms with Gasteiger partial charge in [0.2, 0.25) is 0 Å². The molecule has 0 heterocycles. The van der Waals surface area contributed by atoms with E-state index in [-0.39, 0.29) is 28.0 Å². The molecule has 9 heteroatoms. The highest BCUT2D eigenvalue weighted by Crippen LogP contribution is 2.31. The highest BCUT2D eigenvalue weighted by molar-refractivity contribution is 6.34. The Morgan fingerprint density at radius 2 is 1.88 bits per heavy atom. The normalized spacial score (nSPS) is 10.1. The average molecular weight is 372 g/mol. The molecule has 0 N–H and O–H groups in total. The summed E-state index contributed by atoms with van der Waals surface area (Å²) in [4.78, 5) is 22.1. The van der Waals surface area contributed by atoms with Gasteiger partial charge in [0.05, 0.1) is 23.1 Å². The number of esters is 1. The maximum absolute atomic E-state index is 11.9. The van der Waals surface area contributed by atoms with E-state index in [0.29, 0.717) is 5.02 Å². The molecule has 0 spiro atoms. The van der Waals surface area contributed by atoms with Crippen LogP contribution >= 0.6 is 23.2 Å². The molecule has 0 aliphatic rings. The maximum Gasteiger partial charge on any atom is 0.349 e. The summed E-state index contributed by atoms with van der Waals surface area (Å²) in [6, 6.07) is 8.19. The van der Waals surface area contributed by atoms with Crippen molar-refractivity contribution in [3.05, 3.63) is 56.6 Å². The number of carbonyl (C=O) groups is 1. The summed E-state index contributed by atoms with van der Waals surface area (Å²) >= 11 is 11.7. The summed E-state index contributed by atoms with van der Waals surface area (Å²) in [5.41, 5.74) is -0.239. The van der Waals surface area contributed by atoms with Gasteiger partial charge in [0, 0.05) is 17.2 Å². The number of rotatable bonds is 6. The summed E-state index contributed by atoms with van der Waals surface area (Å²) in [6.45, 7) is -0.466. The minimum absolute atomic E-state index is 0.0857. The minimum Gasteiger partial charge on any atom is -0.493 e. The predicted molar refractivity (Wildman–Crippen MR) is 87.2 cm³/mol. The van der Waals surface area contributed by atoms with Crippen molar-refractivity contribution >= 4 is 34.9 Å². The summed E-state index contributed by atoms with van der Waals surface area (Å²) in [5, 5.41) is 11.5. The molecule has 126 valence electrons. The first-order valence-corrected chi connectivity index (χ1v) is 7.27. The van der Waals surface area contributed by atoms with Gasteiger partial charge < -0.3 is 14.2 Å². The lowest BCUT2D eigenvalue weighted by molar-refractivity contribution is -0.384. The number of nitro groups is 1. The number of ether oxygens (including phenoxy) is 3. The van der Waals surface area contributed by atoms with Gasteiger partial charge in [-0.25, -0.2) is 4.79 Å². The quantitative estimate of drug-likeness (QED) is 0.331. The standard InChI is InChI=1S/C15H11Cl2NO6/c1-22-12-5-3-10(18(20)21)7-14(12)24-15(19)8-23-13-6-9(16)2-4-11(13)17/h2-7H,8H2,1H3. The van der Waals surface area contributed by atoms with Crippen molar-refractivity contribution in [2.75, 3.05) is 13.7 Å². The zero-order valence-electron chi connectivity index (χ0n) is 12.3. The number of non-ortho nitro benzene ring substituents is 1. The molecule has 0 unspecified atom stereocenters. The van der Waals surface area contributed by atoms with Crippen LogP contribution in [0.1, 0.15) is 0 Å². The van der Waals surface area contributed by atoms with E-state index < -0.39 is 17.5 Å². The van der Waals surface area contributed by atoms with E-state index in [2.05, 4.69) is 0 Å². The number of hydrogen-bond acceptors (Lipinski definition) is 6. The van der Waals surface area contributed by atoms with E-state index in [1.165, 1.54) is 31.4 Å². The van der Waals surface area contributed by atoms with Crippen LogP contribution in [0.5, 0.6) is 17.2 Å². The predicted octanol–water partition coefficient (Wildman–Crippen LogP) is 3.89. The SMILES string of the molecule is COc1ccc([N+](=O)[O-])cc1OC(=O)COc1cc(Cl)ccc1Cl. The summed E-state index contributed by atoms with van der Waals surface area (Å²) in [7, 11) is 1.35. The van der Waals surface area contributed by atoms with Crippen LogP contribution < -0.4 is 14.2 Å². The van der Waals surface area contributed by atoms with Crippen molar-refractivity contribution in [3.8, 4) is 17.2 Å². The van der Waals surface area contributed by atoms with Crippen LogP contribution in [0.4, 0.5) is 5.69 Å². The lowest BCUT2D eigenvalue weighted by atomic mass is 10.3. The molecule has 2 rings (SSSR count). The smallest absolute Gasteiger partial charge is 0.349 e. The lowest BCUT2D eigenvalue weighted by Crippen LogP contribution is -2.18. The topological polar surface area (TPSA) is 87.9 Å². The van der Waals surface area contributed by atoms with Gasteiger partial charge in [-0.05, 0) is 18.2 Å². The molecule has 0 atom stereocenters. The Morgan fingerprint density at radius 1 is 1.12 bits per heavy atom. The third kappa shape index (κ3) is 4.50. The molecule has 0 amide bonds.